The summed E-state index contributed by atoms with van der Waals surface area (Å²) in [5.41, 5.74) is 0.831. The fourth-order valence-electron chi connectivity index (χ4n) is 3.66. The molecule has 0 saturated heterocycles. The Hall–Kier alpha value is -1.49. The Balaban J connectivity index is 1.64. The molecule has 0 aliphatic heterocycles. The Morgan fingerprint density at radius 1 is 1.19 bits per heavy atom. The zero-order valence-electron chi connectivity index (χ0n) is 12.5. The van der Waals surface area contributed by atoms with E-state index in [1.165, 1.54) is 25.7 Å². The maximum absolute atomic E-state index is 5.46. The predicted octanol–water partition coefficient (Wildman–Crippen LogP) is 3.18. The lowest BCUT2D eigenvalue weighted by molar-refractivity contribution is 0.391. The van der Waals surface area contributed by atoms with Crippen LogP contribution in [-0.4, -0.2) is 25.4 Å². The number of ether oxygens (including phenoxy) is 2. The van der Waals surface area contributed by atoms with E-state index in [-0.39, 0.29) is 0 Å². The van der Waals surface area contributed by atoms with Crippen molar-refractivity contribution in [1.29, 1.82) is 0 Å². The zero-order chi connectivity index (χ0) is 14.8. The summed E-state index contributed by atoms with van der Waals surface area (Å²) in [6.07, 6.45) is 5.35. The summed E-state index contributed by atoms with van der Waals surface area (Å²) in [6.45, 7) is 0. The van der Waals surface area contributed by atoms with Crippen molar-refractivity contribution in [2.24, 2.45) is 11.8 Å². The standard InChI is InChI=1S/C16H22N2O2S/c1-19-12-5-6-15(20-2)14(9-12)18-16(21)17-13-8-10-3-4-11(13)7-10/h5-6,9-11,13H,3-4,7-8H2,1-2H3,(H2,17,18,21)/t10-,11-,13-/m1/s1. The number of anilines is 1. The summed E-state index contributed by atoms with van der Waals surface area (Å²) in [5, 5.41) is 7.38. The van der Waals surface area contributed by atoms with Crippen molar-refractivity contribution in [2.45, 2.75) is 31.7 Å². The van der Waals surface area contributed by atoms with Gasteiger partial charge in [-0.2, -0.15) is 0 Å². The first-order valence-corrected chi connectivity index (χ1v) is 7.90. The molecule has 2 aliphatic carbocycles. The molecule has 3 rings (SSSR count). The van der Waals surface area contributed by atoms with Crippen LogP contribution in [0.4, 0.5) is 5.69 Å². The first-order chi connectivity index (χ1) is 10.2. The Kier molecular flexibility index (Phi) is 4.19. The summed E-state index contributed by atoms with van der Waals surface area (Å²) < 4.78 is 10.6. The highest BCUT2D eigenvalue weighted by Crippen LogP contribution is 2.44. The smallest absolute Gasteiger partial charge is 0.171 e. The van der Waals surface area contributed by atoms with Gasteiger partial charge in [0.2, 0.25) is 0 Å². The van der Waals surface area contributed by atoms with E-state index < -0.39 is 0 Å². The monoisotopic (exact) mass is 306 g/mol. The van der Waals surface area contributed by atoms with Crippen LogP contribution in [0.25, 0.3) is 0 Å². The van der Waals surface area contributed by atoms with Crippen LogP contribution in [0.15, 0.2) is 18.2 Å². The van der Waals surface area contributed by atoms with E-state index in [0.29, 0.717) is 11.2 Å². The number of nitrogens with one attached hydrogen (secondary N) is 2. The van der Waals surface area contributed by atoms with Crippen LogP contribution >= 0.6 is 12.2 Å². The molecule has 0 unspecified atom stereocenters. The molecule has 2 fully saturated rings. The average Bonchev–Trinajstić information content (AvgIpc) is 3.09. The molecule has 1 aromatic carbocycles. The molecule has 2 aliphatic rings. The minimum atomic E-state index is 0.528. The number of thiocarbonyl (C=S) groups is 1. The van der Waals surface area contributed by atoms with Crippen LogP contribution in [-0.2, 0) is 0 Å². The molecule has 2 bridgehead atoms. The Morgan fingerprint density at radius 2 is 2.05 bits per heavy atom. The molecule has 0 heterocycles. The summed E-state index contributed by atoms with van der Waals surface area (Å²) in [6, 6.07) is 6.17. The highest BCUT2D eigenvalue weighted by Gasteiger charge is 2.39. The number of benzene rings is 1. The highest BCUT2D eigenvalue weighted by atomic mass is 32.1. The maximum atomic E-state index is 5.46. The molecule has 5 heteroatoms. The van der Waals surface area contributed by atoms with E-state index in [4.69, 9.17) is 21.7 Å². The normalized spacial score (nSPS) is 26.5. The van der Waals surface area contributed by atoms with Crippen molar-refractivity contribution in [3.63, 3.8) is 0 Å². The van der Waals surface area contributed by atoms with Crippen LogP contribution in [0.1, 0.15) is 25.7 Å². The van der Waals surface area contributed by atoms with Crippen LogP contribution < -0.4 is 20.1 Å². The van der Waals surface area contributed by atoms with Gasteiger partial charge in [0.1, 0.15) is 11.5 Å². The molecule has 1 aromatic rings. The van der Waals surface area contributed by atoms with Crippen molar-refractivity contribution in [3.8, 4) is 11.5 Å². The second kappa shape index (κ2) is 6.10. The van der Waals surface area contributed by atoms with E-state index in [9.17, 15) is 0 Å². The second-order valence-electron chi connectivity index (χ2n) is 5.95. The molecule has 2 N–H and O–H groups in total. The summed E-state index contributed by atoms with van der Waals surface area (Å²) in [7, 11) is 3.30. The van der Waals surface area contributed by atoms with E-state index in [0.717, 1.165) is 29.0 Å². The van der Waals surface area contributed by atoms with E-state index in [1.54, 1.807) is 14.2 Å². The molecular formula is C16H22N2O2S. The molecule has 0 amide bonds. The topological polar surface area (TPSA) is 42.5 Å². The third-order valence-corrected chi connectivity index (χ3v) is 4.93. The number of hydrogen-bond donors (Lipinski definition) is 2. The van der Waals surface area contributed by atoms with Gasteiger partial charge in [-0.05, 0) is 55.4 Å². The van der Waals surface area contributed by atoms with Gasteiger partial charge in [0, 0.05) is 12.1 Å². The first-order valence-electron chi connectivity index (χ1n) is 7.49. The van der Waals surface area contributed by atoms with Crippen molar-refractivity contribution in [3.05, 3.63) is 18.2 Å². The van der Waals surface area contributed by atoms with Gasteiger partial charge < -0.3 is 20.1 Å². The maximum Gasteiger partial charge on any atom is 0.171 e. The minimum absolute atomic E-state index is 0.528. The summed E-state index contributed by atoms with van der Waals surface area (Å²) in [4.78, 5) is 0. The fourth-order valence-corrected chi connectivity index (χ4v) is 3.92. The highest BCUT2D eigenvalue weighted by molar-refractivity contribution is 7.80. The van der Waals surface area contributed by atoms with Crippen LogP contribution in [0.3, 0.4) is 0 Å². The molecule has 0 spiro atoms. The van der Waals surface area contributed by atoms with Crippen LogP contribution in [0.5, 0.6) is 11.5 Å². The van der Waals surface area contributed by atoms with Gasteiger partial charge in [-0.1, -0.05) is 6.42 Å². The Bertz CT molecular complexity index is 535. The zero-order valence-corrected chi connectivity index (χ0v) is 13.3. The quantitative estimate of drug-likeness (QED) is 0.836. The first kappa shape index (κ1) is 14.4. The molecule has 21 heavy (non-hydrogen) atoms. The molecule has 4 nitrogen and oxygen atoms in total. The number of fused-ring (bicyclic) bond motifs is 2. The number of hydrogen-bond acceptors (Lipinski definition) is 3. The van der Waals surface area contributed by atoms with Crippen molar-refractivity contribution < 1.29 is 9.47 Å². The van der Waals surface area contributed by atoms with Gasteiger partial charge in [-0.3, -0.25) is 0 Å². The van der Waals surface area contributed by atoms with Gasteiger partial charge in [-0.15, -0.1) is 0 Å². The average molecular weight is 306 g/mol. The van der Waals surface area contributed by atoms with Gasteiger partial charge in [-0.25, -0.2) is 0 Å². The van der Waals surface area contributed by atoms with Crippen LogP contribution in [0.2, 0.25) is 0 Å². The third-order valence-electron chi connectivity index (χ3n) is 4.71. The Morgan fingerprint density at radius 3 is 2.67 bits per heavy atom. The van der Waals surface area contributed by atoms with E-state index in [1.807, 2.05) is 18.2 Å². The molecule has 114 valence electrons. The van der Waals surface area contributed by atoms with Gasteiger partial charge >= 0.3 is 0 Å². The minimum Gasteiger partial charge on any atom is -0.497 e. The largest absolute Gasteiger partial charge is 0.497 e. The fraction of sp³-hybridized carbons (Fsp3) is 0.562. The lowest BCUT2D eigenvalue weighted by atomic mass is 9.96. The van der Waals surface area contributed by atoms with Crippen molar-refractivity contribution in [1.82, 2.24) is 5.32 Å². The Labute approximate surface area is 131 Å². The van der Waals surface area contributed by atoms with E-state index in [2.05, 4.69) is 10.6 Å². The van der Waals surface area contributed by atoms with Crippen LogP contribution in [0, 0.1) is 11.8 Å². The van der Waals surface area contributed by atoms with E-state index >= 15 is 0 Å². The number of methoxy groups -OCH3 is 2. The molecule has 2 saturated carbocycles. The second-order valence-corrected chi connectivity index (χ2v) is 6.35. The van der Waals surface area contributed by atoms with Crippen molar-refractivity contribution >= 4 is 23.0 Å². The molecule has 0 radical (unpaired) electrons. The molecule has 3 atom stereocenters. The van der Waals surface area contributed by atoms with Gasteiger partial charge in [0.05, 0.1) is 19.9 Å². The van der Waals surface area contributed by atoms with Gasteiger partial charge in [0.25, 0.3) is 0 Å². The third kappa shape index (κ3) is 3.07. The van der Waals surface area contributed by atoms with Crippen molar-refractivity contribution in [2.75, 3.05) is 19.5 Å². The lowest BCUT2D eigenvalue weighted by Gasteiger charge is -2.25. The van der Waals surface area contributed by atoms with Gasteiger partial charge in [0.15, 0.2) is 5.11 Å². The SMILES string of the molecule is COc1ccc(OC)c(NC(=S)N[C@@H]2C[C@@H]3CC[C@@H]2C3)c1. The predicted molar refractivity (Wildman–Crippen MR) is 88.1 cm³/mol. The number of rotatable bonds is 4. The lowest BCUT2D eigenvalue weighted by Crippen LogP contribution is -2.40. The molecular weight excluding hydrogens is 284 g/mol. The molecule has 0 aromatic heterocycles. The summed E-state index contributed by atoms with van der Waals surface area (Å²) >= 11 is 5.46. The summed E-state index contributed by atoms with van der Waals surface area (Å²) in [5.74, 6) is 3.23.